The van der Waals surface area contributed by atoms with E-state index in [1.54, 1.807) is 0 Å². The first kappa shape index (κ1) is 22.2. The molecule has 0 spiro atoms. The molecule has 0 atom stereocenters. The highest BCUT2D eigenvalue weighted by Gasteiger charge is 2.18. The van der Waals surface area contributed by atoms with E-state index in [-0.39, 0.29) is 24.0 Å². The van der Waals surface area contributed by atoms with Crippen LogP contribution in [0.15, 0.2) is 29.3 Å². The summed E-state index contributed by atoms with van der Waals surface area (Å²) >= 11 is 0. The molecule has 142 valence electrons. The predicted octanol–water partition coefficient (Wildman–Crippen LogP) is 3.79. The largest absolute Gasteiger partial charge is 0.357 e. The third-order valence-electron chi connectivity index (χ3n) is 4.69. The van der Waals surface area contributed by atoms with Gasteiger partial charge in [0.1, 0.15) is 0 Å². The molecule has 0 saturated carbocycles. The molecule has 1 fully saturated rings. The second kappa shape index (κ2) is 12.5. The van der Waals surface area contributed by atoms with Crippen LogP contribution in [0.2, 0.25) is 0 Å². The Kier molecular flexibility index (Phi) is 11.1. The Morgan fingerprint density at radius 1 is 1.12 bits per heavy atom. The highest BCUT2D eigenvalue weighted by atomic mass is 127. The second-order valence-corrected chi connectivity index (χ2v) is 6.85. The number of nitrogens with one attached hydrogen (secondary N) is 2. The molecule has 0 aromatic heterocycles. The number of hydrogen-bond donors (Lipinski definition) is 2. The maximum Gasteiger partial charge on any atom is 0.191 e. The van der Waals surface area contributed by atoms with E-state index in [1.165, 1.54) is 50.0 Å². The van der Waals surface area contributed by atoms with Crippen LogP contribution in [0.3, 0.4) is 0 Å². The van der Waals surface area contributed by atoms with Crippen LogP contribution in [0, 0.1) is 12.8 Å². The van der Waals surface area contributed by atoms with Crippen LogP contribution in [-0.4, -0.2) is 43.6 Å². The first-order valence-corrected chi connectivity index (χ1v) is 9.51. The molecule has 2 rings (SSSR count). The van der Waals surface area contributed by atoms with E-state index < -0.39 is 0 Å². The van der Waals surface area contributed by atoms with E-state index in [1.807, 2.05) is 0 Å². The van der Waals surface area contributed by atoms with E-state index >= 15 is 0 Å². The Hall–Kier alpha value is -0.820. The van der Waals surface area contributed by atoms with Gasteiger partial charge in [0.25, 0.3) is 0 Å². The lowest BCUT2D eigenvalue weighted by atomic mass is 9.97. The average molecular weight is 458 g/mol. The quantitative estimate of drug-likeness (QED) is 0.371. The van der Waals surface area contributed by atoms with Gasteiger partial charge in [0.2, 0.25) is 0 Å². The van der Waals surface area contributed by atoms with E-state index in [4.69, 9.17) is 4.99 Å². The van der Waals surface area contributed by atoms with Crippen molar-refractivity contribution < 1.29 is 0 Å². The number of aliphatic imine (C=N–C) groups is 1. The Morgan fingerprint density at radius 3 is 2.40 bits per heavy atom. The van der Waals surface area contributed by atoms with Crippen LogP contribution in [0.4, 0.5) is 0 Å². The molecule has 1 aromatic rings. The third kappa shape index (κ3) is 8.40. The fraction of sp³-hybridized carbons (Fsp3) is 0.650. The lowest BCUT2D eigenvalue weighted by molar-refractivity contribution is 0.185. The number of hydrogen-bond acceptors (Lipinski definition) is 2. The average Bonchev–Trinajstić information content (AvgIpc) is 2.60. The van der Waals surface area contributed by atoms with Gasteiger partial charge in [-0.15, -0.1) is 24.0 Å². The van der Waals surface area contributed by atoms with E-state index in [0.29, 0.717) is 0 Å². The molecule has 0 bridgehead atoms. The van der Waals surface area contributed by atoms with Crippen LogP contribution in [0.25, 0.3) is 0 Å². The van der Waals surface area contributed by atoms with Gasteiger partial charge in [0, 0.05) is 13.1 Å². The van der Waals surface area contributed by atoms with Crippen molar-refractivity contribution in [3.63, 3.8) is 0 Å². The molecule has 1 heterocycles. The summed E-state index contributed by atoms with van der Waals surface area (Å²) in [7, 11) is 0. The molecule has 1 aliphatic rings. The summed E-state index contributed by atoms with van der Waals surface area (Å²) in [6.07, 6.45) is 3.86. The predicted molar refractivity (Wildman–Crippen MR) is 119 cm³/mol. The lowest BCUT2D eigenvalue weighted by Crippen LogP contribution is -2.43. The SMILES string of the molecule is CCCN1CCC(CNC(=NCc2ccc(C)cc2)NCC)CC1.I. The standard InChI is InChI=1S/C20H34N4.HI/c1-4-12-24-13-10-19(11-14-24)16-23-20(21-5-2)22-15-18-8-6-17(3)7-9-18;/h6-9,19H,4-5,10-16H2,1-3H3,(H2,21,22,23);1H. The number of rotatable bonds is 7. The molecule has 1 saturated heterocycles. The molecule has 1 aromatic carbocycles. The molecule has 25 heavy (non-hydrogen) atoms. The zero-order valence-electron chi connectivity index (χ0n) is 16.1. The molecular weight excluding hydrogens is 423 g/mol. The minimum atomic E-state index is 0. The van der Waals surface area contributed by atoms with Gasteiger partial charge in [0.15, 0.2) is 5.96 Å². The number of benzene rings is 1. The number of piperidine rings is 1. The van der Waals surface area contributed by atoms with Gasteiger partial charge in [-0.2, -0.15) is 0 Å². The molecular formula is C20H35IN4. The molecule has 0 radical (unpaired) electrons. The van der Waals surface area contributed by atoms with Crippen LogP contribution in [-0.2, 0) is 6.54 Å². The molecule has 1 aliphatic heterocycles. The second-order valence-electron chi connectivity index (χ2n) is 6.85. The van der Waals surface area contributed by atoms with E-state index in [2.05, 4.69) is 60.6 Å². The fourth-order valence-corrected chi connectivity index (χ4v) is 3.18. The number of nitrogens with zero attached hydrogens (tertiary/aromatic N) is 2. The van der Waals surface area contributed by atoms with Crippen LogP contribution in [0.1, 0.15) is 44.2 Å². The summed E-state index contributed by atoms with van der Waals surface area (Å²) in [4.78, 5) is 7.32. The van der Waals surface area contributed by atoms with Crippen molar-refractivity contribution in [2.45, 2.75) is 46.6 Å². The van der Waals surface area contributed by atoms with Gasteiger partial charge >= 0.3 is 0 Å². The van der Waals surface area contributed by atoms with Crippen molar-refractivity contribution in [3.05, 3.63) is 35.4 Å². The lowest BCUT2D eigenvalue weighted by Gasteiger charge is -2.32. The minimum Gasteiger partial charge on any atom is -0.357 e. The fourth-order valence-electron chi connectivity index (χ4n) is 3.18. The van der Waals surface area contributed by atoms with Crippen molar-refractivity contribution in [1.29, 1.82) is 0 Å². The highest BCUT2D eigenvalue weighted by molar-refractivity contribution is 14.0. The van der Waals surface area contributed by atoms with Crippen LogP contribution in [0.5, 0.6) is 0 Å². The van der Waals surface area contributed by atoms with Gasteiger partial charge in [-0.05, 0) is 64.2 Å². The zero-order chi connectivity index (χ0) is 17.2. The Balaban J connectivity index is 0.00000312. The maximum absolute atomic E-state index is 4.73. The van der Waals surface area contributed by atoms with Crippen molar-refractivity contribution in [2.24, 2.45) is 10.9 Å². The summed E-state index contributed by atoms with van der Waals surface area (Å²) in [6.45, 7) is 12.9. The highest BCUT2D eigenvalue weighted by Crippen LogP contribution is 2.16. The number of aryl methyl sites for hydroxylation is 1. The van der Waals surface area contributed by atoms with Gasteiger partial charge in [-0.3, -0.25) is 0 Å². The van der Waals surface area contributed by atoms with Gasteiger partial charge < -0.3 is 15.5 Å². The molecule has 5 heteroatoms. The summed E-state index contributed by atoms with van der Waals surface area (Å²) < 4.78 is 0. The molecule has 0 amide bonds. The Morgan fingerprint density at radius 2 is 1.80 bits per heavy atom. The number of likely N-dealkylation sites (tertiary alicyclic amines) is 1. The first-order valence-electron chi connectivity index (χ1n) is 9.51. The van der Waals surface area contributed by atoms with Gasteiger partial charge in [0.05, 0.1) is 6.54 Å². The number of guanidine groups is 1. The van der Waals surface area contributed by atoms with Crippen molar-refractivity contribution in [2.75, 3.05) is 32.7 Å². The monoisotopic (exact) mass is 458 g/mol. The molecule has 2 N–H and O–H groups in total. The van der Waals surface area contributed by atoms with Crippen LogP contribution >= 0.6 is 24.0 Å². The summed E-state index contributed by atoms with van der Waals surface area (Å²) in [6, 6.07) is 8.61. The van der Waals surface area contributed by atoms with Gasteiger partial charge in [-0.25, -0.2) is 4.99 Å². The Bertz CT molecular complexity index is 493. The smallest absolute Gasteiger partial charge is 0.191 e. The summed E-state index contributed by atoms with van der Waals surface area (Å²) in [5, 5.41) is 6.90. The van der Waals surface area contributed by atoms with E-state index in [0.717, 1.165) is 31.5 Å². The topological polar surface area (TPSA) is 39.7 Å². The Labute approximate surface area is 170 Å². The van der Waals surface area contributed by atoms with Gasteiger partial charge in [-0.1, -0.05) is 36.8 Å². The van der Waals surface area contributed by atoms with E-state index in [9.17, 15) is 0 Å². The first-order chi connectivity index (χ1) is 11.7. The molecule has 0 aliphatic carbocycles. The molecule has 4 nitrogen and oxygen atoms in total. The van der Waals surface area contributed by atoms with Crippen molar-refractivity contribution in [3.8, 4) is 0 Å². The normalized spacial score (nSPS) is 16.4. The summed E-state index contributed by atoms with van der Waals surface area (Å²) in [5.41, 5.74) is 2.55. The van der Waals surface area contributed by atoms with Crippen molar-refractivity contribution in [1.82, 2.24) is 15.5 Å². The minimum absolute atomic E-state index is 0. The zero-order valence-corrected chi connectivity index (χ0v) is 18.4. The molecule has 0 unspecified atom stereocenters. The maximum atomic E-state index is 4.73. The number of halogens is 1. The third-order valence-corrected chi connectivity index (χ3v) is 4.69. The summed E-state index contributed by atoms with van der Waals surface area (Å²) in [5.74, 6) is 1.70. The van der Waals surface area contributed by atoms with Crippen LogP contribution < -0.4 is 10.6 Å². The van der Waals surface area contributed by atoms with Crippen molar-refractivity contribution >= 4 is 29.9 Å².